The normalized spacial score (nSPS) is 11.5. The van der Waals surface area contributed by atoms with Gasteiger partial charge < -0.3 is 30.8 Å². The molecule has 0 atom stereocenters. The van der Waals surface area contributed by atoms with Gasteiger partial charge in [-0.25, -0.2) is 19.9 Å². The van der Waals surface area contributed by atoms with Crippen LogP contribution in [-0.2, 0) is 6.54 Å². The van der Waals surface area contributed by atoms with Crippen LogP contribution in [0.4, 0.5) is 11.6 Å². The summed E-state index contributed by atoms with van der Waals surface area (Å²) in [6.45, 7) is 9.12. The van der Waals surface area contributed by atoms with Crippen LogP contribution in [0, 0.1) is 0 Å². The predicted molar refractivity (Wildman–Crippen MR) is 229 cm³/mol. The Morgan fingerprint density at radius 3 is 1.71 bits per heavy atom. The SMILES string of the molecule is CC(C)n1cc(-c2cc(N(C)Cc3ccccc3)n3ncc(C(N)=O)c3n2)c2cccnc21.CNc1cc(-c2cn(C(C)C)c3ncccc23)nc2c(C(N)=O)cnn12. The van der Waals surface area contributed by atoms with Crippen LogP contribution in [0.5, 0.6) is 0 Å². The van der Waals surface area contributed by atoms with Crippen LogP contribution in [0.25, 0.3) is 55.9 Å². The number of nitrogens with one attached hydrogen (secondary N) is 1. The van der Waals surface area contributed by atoms with Crippen molar-refractivity contribution in [2.24, 2.45) is 11.5 Å². The fourth-order valence-electron chi connectivity index (χ4n) is 7.28. The van der Waals surface area contributed by atoms with Crippen LogP contribution in [0.15, 0.2) is 104 Å². The van der Waals surface area contributed by atoms with Gasteiger partial charge in [0, 0.05) is 91.5 Å². The van der Waals surface area contributed by atoms with Crippen molar-refractivity contribution >= 4 is 56.8 Å². The van der Waals surface area contributed by atoms with Crippen LogP contribution in [0.3, 0.4) is 0 Å². The molecule has 16 heteroatoms. The highest BCUT2D eigenvalue weighted by atomic mass is 16.1. The zero-order valence-corrected chi connectivity index (χ0v) is 33.6. The molecule has 0 radical (unpaired) electrons. The highest BCUT2D eigenvalue weighted by molar-refractivity contribution is 6.01. The number of carbonyl (C=O) groups excluding carboxylic acids is 2. The van der Waals surface area contributed by atoms with E-state index in [1.807, 2.05) is 67.8 Å². The van der Waals surface area contributed by atoms with Crippen molar-refractivity contribution in [2.45, 2.75) is 46.3 Å². The minimum Gasteiger partial charge on any atom is -0.373 e. The Bertz CT molecular complexity index is 3010. The quantitative estimate of drug-likeness (QED) is 0.137. The molecule has 0 aliphatic heterocycles. The van der Waals surface area contributed by atoms with E-state index in [1.165, 1.54) is 12.4 Å². The molecule has 8 aromatic heterocycles. The summed E-state index contributed by atoms with van der Waals surface area (Å²) in [6, 6.07) is 22.5. The topological polar surface area (TPSA) is 197 Å². The smallest absolute Gasteiger partial charge is 0.254 e. The molecule has 0 unspecified atom stereocenters. The van der Waals surface area contributed by atoms with Crippen molar-refractivity contribution in [1.82, 2.24) is 48.3 Å². The molecular weight excluding hydrogens is 745 g/mol. The molecule has 0 spiro atoms. The molecule has 9 aromatic rings. The molecule has 0 bridgehead atoms. The number of hydrogen-bond donors (Lipinski definition) is 3. The molecule has 16 nitrogen and oxygen atoms in total. The average Bonchev–Trinajstić information content (AvgIpc) is 4.03. The highest BCUT2D eigenvalue weighted by Crippen LogP contribution is 2.34. The van der Waals surface area contributed by atoms with Gasteiger partial charge in [0.2, 0.25) is 0 Å². The Balaban J connectivity index is 0.000000169. The number of benzene rings is 1. The van der Waals surface area contributed by atoms with Gasteiger partial charge in [-0.2, -0.15) is 19.2 Å². The summed E-state index contributed by atoms with van der Waals surface area (Å²) in [5, 5.41) is 13.7. The Morgan fingerprint density at radius 2 is 1.20 bits per heavy atom. The number of carbonyl (C=O) groups is 2. The Morgan fingerprint density at radius 1 is 0.695 bits per heavy atom. The maximum absolute atomic E-state index is 12.1. The van der Waals surface area contributed by atoms with E-state index >= 15 is 0 Å². The van der Waals surface area contributed by atoms with E-state index in [0.29, 0.717) is 23.7 Å². The molecule has 0 saturated carbocycles. The molecule has 0 fully saturated rings. The van der Waals surface area contributed by atoms with E-state index in [4.69, 9.17) is 16.5 Å². The first-order valence-electron chi connectivity index (χ1n) is 19.2. The molecule has 0 aliphatic carbocycles. The van der Waals surface area contributed by atoms with E-state index in [0.717, 1.165) is 56.0 Å². The molecule has 298 valence electrons. The Labute approximate surface area is 339 Å². The molecule has 8 heterocycles. The maximum atomic E-state index is 12.1. The van der Waals surface area contributed by atoms with E-state index in [2.05, 4.69) is 90.5 Å². The summed E-state index contributed by atoms with van der Waals surface area (Å²) >= 11 is 0. The van der Waals surface area contributed by atoms with E-state index in [-0.39, 0.29) is 23.2 Å². The number of aromatic nitrogens is 10. The van der Waals surface area contributed by atoms with Gasteiger partial charge >= 0.3 is 0 Å². The number of rotatable bonds is 10. The van der Waals surface area contributed by atoms with Crippen LogP contribution in [0.2, 0.25) is 0 Å². The van der Waals surface area contributed by atoms with Gasteiger partial charge in [-0.1, -0.05) is 30.3 Å². The molecule has 2 amide bonds. The van der Waals surface area contributed by atoms with Gasteiger partial charge in [-0.15, -0.1) is 0 Å². The molecule has 0 aliphatic rings. The lowest BCUT2D eigenvalue weighted by Gasteiger charge is -2.21. The average molecular weight is 789 g/mol. The number of hydrogen-bond acceptors (Lipinski definition) is 10. The fraction of sp³-hybridized carbons (Fsp3) is 0.209. The lowest BCUT2D eigenvalue weighted by molar-refractivity contribution is 0.0993. The number of pyridine rings is 2. The van der Waals surface area contributed by atoms with Crippen LogP contribution in [0.1, 0.15) is 66.1 Å². The second-order valence-corrected chi connectivity index (χ2v) is 14.8. The van der Waals surface area contributed by atoms with E-state index in [9.17, 15) is 9.59 Å². The fourth-order valence-corrected chi connectivity index (χ4v) is 7.28. The van der Waals surface area contributed by atoms with Crippen molar-refractivity contribution in [3.8, 4) is 22.5 Å². The van der Waals surface area contributed by atoms with Crippen molar-refractivity contribution in [2.75, 3.05) is 24.3 Å². The van der Waals surface area contributed by atoms with Gasteiger partial charge in [0.1, 0.15) is 34.1 Å². The summed E-state index contributed by atoms with van der Waals surface area (Å²) in [4.78, 5) is 44.5. The molecular formula is C43H44N14O2. The van der Waals surface area contributed by atoms with Gasteiger partial charge in [0.05, 0.1) is 23.8 Å². The standard InChI is InChI=1S/C25H25N7O.C18H19N7O/c1-16(2)31-15-20(18-10-7-11-27-24(18)31)21-12-22(30(3)14-17-8-5-4-6-9-17)32-25(29-21)19(13-28-32)23(26)33;1-10(2)24-9-13(11-5-4-6-21-17(11)24)14-7-15(20-3)25-18(23-14)12(8-22-25)16(19)26/h4-13,15-16H,14H2,1-3H3,(H2,26,33);4-10,20H,1-3H3,(H2,19,26). The summed E-state index contributed by atoms with van der Waals surface area (Å²) in [5.74, 6) is 0.406. The minimum absolute atomic E-state index is 0.233. The first kappa shape index (κ1) is 38.3. The second kappa shape index (κ2) is 15.4. The number of anilines is 2. The zero-order valence-electron chi connectivity index (χ0n) is 33.6. The van der Waals surface area contributed by atoms with Gasteiger partial charge in [-0.05, 0) is 57.5 Å². The van der Waals surface area contributed by atoms with Gasteiger partial charge in [0.15, 0.2) is 11.3 Å². The van der Waals surface area contributed by atoms with Crippen molar-refractivity contribution in [3.05, 3.63) is 121 Å². The predicted octanol–water partition coefficient (Wildman–Crippen LogP) is 6.53. The zero-order chi connectivity index (χ0) is 41.5. The summed E-state index contributed by atoms with van der Waals surface area (Å²) in [5.41, 5.74) is 18.8. The molecule has 5 N–H and O–H groups in total. The number of amides is 2. The maximum Gasteiger partial charge on any atom is 0.254 e. The number of nitrogens with zero attached hydrogens (tertiary/aromatic N) is 11. The second-order valence-electron chi connectivity index (χ2n) is 14.8. The minimum atomic E-state index is -0.558. The van der Waals surface area contributed by atoms with Crippen molar-refractivity contribution < 1.29 is 9.59 Å². The largest absolute Gasteiger partial charge is 0.373 e. The lowest BCUT2D eigenvalue weighted by Crippen LogP contribution is -2.20. The van der Waals surface area contributed by atoms with Crippen LogP contribution >= 0.6 is 0 Å². The molecule has 1 aromatic carbocycles. The van der Waals surface area contributed by atoms with Crippen molar-refractivity contribution in [1.29, 1.82) is 0 Å². The third-order valence-corrected chi connectivity index (χ3v) is 10.2. The van der Waals surface area contributed by atoms with Crippen LogP contribution in [-0.4, -0.2) is 74.2 Å². The Kier molecular flexibility index (Phi) is 9.97. The molecule has 59 heavy (non-hydrogen) atoms. The van der Waals surface area contributed by atoms with Crippen LogP contribution < -0.4 is 21.7 Å². The van der Waals surface area contributed by atoms with Crippen molar-refractivity contribution in [3.63, 3.8) is 0 Å². The third-order valence-electron chi connectivity index (χ3n) is 10.2. The lowest BCUT2D eigenvalue weighted by atomic mass is 10.1. The van der Waals surface area contributed by atoms with Gasteiger partial charge in [-0.3, -0.25) is 9.59 Å². The van der Waals surface area contributed by atoms with E-state index in [1.54, 1.807) is 28.5 Å². The van der Waals surface area contributed by atoms with Gasteiger partial charge in [0.25, 0.3) is 11.8 Å². The number of primary amides is 2. The first-order chi connectivity index (χ1) is 28.4. The summed E-state index contributed by atoms with van der Waals surface area (Å²) < 4.78 is 7.49. The number of nitrogens with two attached hydrogens (primary N) is 2. The first-order valence-corrected chi connectivity index (χ1v) is 19.2. The Hall–Kier alpha value is -7.62. The molecule has 0 saturated heterocycles. The highest BCUT2D eigenvalue weighted by Gasteiger charge is 2.22. The number of fused-ring (bicyclic) bond motifs is 4. The van der Waals surface area contributed by atoms with E-state index < -0.39 is 11.8 Å². The summed E-state index contributed by atoms with van der Waals surface area (Å²) in [7, 11) is 3.79. The summed E-state index contributed by atoms with van der Waals surface area (Å²) in [6.07, 6.45) is 10.6. The molecule has 9 rings (SSSR count). The third kappa shape index (κ3) is 6.94. The monoisotopic (exact) mass is 788 g/mol.